The summed E-state index contributed by atoms with van der Waals surface area (Å²) in [4.78, 5) is 9.27. The van der Waals surface area contributed by atoms with Crippen molar-refractivity contribution in [2.75, 3.05) is 5.32 Å². The Morgan fingerprint density at radius 2 is 1.91 bits per heavy atom. The van der Waals surface area contributed by atoms with E-state index in [1.54, 1.807) is 11.3 Å². The first-order valence-electron chi connectivity index (χ1n) is 7.48. The molecule has 0 atom stereocenters. The van der Waals surface area contributed by atoms with Crippen molar-refractivity contribution in [3.63, 3.8) is 0 Å². The van der Waals surface area contributed by atoms with E-state index in [1.165, 1.54) is 5.69 Å². The van der Waals surface area contributed by atoms with Crippen LogP contribution in [0.1, 0.15) is 11.4 Å². The molecule has 4 aromatic rings. The zero-order valence-electron chi connectivity index (χ0n) is 12.7. The quantitative estimate of drug-likeness (QED) is 0.607. The van der Waals surface area contributed by atoms with E-state index >= 15 is 0 Å². The third-order valence-electron chi connectivity index (χ3n) is 3.74. The summed E-state index contributed by atoms with van der Waals surface area (Å²) in [6, 6.07) is 16.4. The lowest BCUT2D eigenvalue weighted by atomic mass is 10.2. The number of nitrogens with zero attached hydrogens (tertiary/aromatic N) is 3. The molecule has 0 aliphatic rings. The number of aromatic nitrogens is 3. The molecule has 1 N–H and O–H groups in total. The Hall–Kier alpha value is -2.66. The molecule has 0 fully saturated rings. The monoisotopic (exact) mass is 320 g/mol. The summed E-state index contributed by atoms with van der Waals surface area (Å²) < 4.78 is 2.11. The first-order chi connectivity index (χ1) is 11.3. The van der Waals surface area contributed by atoms with Crippen LogP contribution in [-0.2, 0) is 6.54 Å². The van der Waals surface area contributed by atoms with Gasteiger partial charge in [-0.25, -0.2) is 9.97 Å². The van der Waals surface area contributed by atoms with Gasteiger partial charge in [0, 0.05) is 22.8 Å². The van der Waals surface area contributed by atoms with E-state index in [0.717, 1.165) is 27.7 Å². The van der Waals surface area contributed by atoms with Gasteiger partial charge in [0.05, 0.1) is 17.9 Å². The molecule has 0 spiro atoms. The zero-order chi connectivity index (χ0) is 15.6. The van der Waals surface area contributed by atoms with Crippen molar-refractivity contribution in [2.45, 2.75) is 13.5 Å². The third kappa shape index (κ3) is 2.83. The maximum Gasteiger partial charge on any atom is 0.183 e. The van der Waals surface area contributed by atoms with Crippen LogP contribution >= 0.6 is 11.3 Å². The van der Waals surface area contributed by atoms with Gasteiger partial charge in [0.2, 0.25) is 0 Å². The van der Waals surface area contributed by atoms with Crippen molar-refractivity contribution in [3.8, 4) is 11.3 Å². The predicted molar refractivity (Wildman–Crippen MR) is 94.8 cm³/mol. The Morgan fingerprint density at radius 3 is 2.74 bits per heavy atom. The van der Waals surface area contributed by atoms with E-state index < -0.39 is 0 Å². The topological polar surface area (TPSA) is 42.2 Å². The minimum absolute atomic E-state index is 0.670. The number of fused-ring (bicyclic) bond motifs is 1. The zero-order valence-corrected chi connectivity index (χ0v) is 13.5. The minimum Gasteiger partial charge on any atom is -0.356 e. The van der Waals surface area contributed by atoms with Crippen LogP contribution < -0.4 is 5.32 Å². The molecule has 0 aliphatic carbocycles. The normalized spacial score (nSPS) is 11.0. The summed E-state index contributed by atoms with van der Waals surface area (Å²) in [6.07, 6.45) is 2.07. The Morgan fingerprint density at radius 1 is 1.04 bits per heavy atom. The van der Waals surface area contributed by atoms with Crippen LogP contribution in [0.3, 0.4) is 0 Å². The van der Waals surface area contributed by atoms with Gasteiger partial charge in [-0.2, -0.15) is 0 Å². The first-order valence-corrected chi connectivity index (χ1v) is 8.36. The summed E-state index contributed by atoms with van der Waals surface area (Å²) >= 11 is 1.62. The molecule has 0 saturated heterocycles. The van der Waals surface area contributed by atoms with Gasteiger partial charge in [0.15, 0.2) is 5.13 Å². The largest absolute Gasteiger partial charge is 0.356 e. The van der Waals surface area contributed by atoms with Gasteiger partial charge in [-0.3, -0.25) is 0 Å². The standard InChI is InChI=1S/C18H16N4S/c1-13-6-5-9-17-20-15(11-22(13)17)10-19-18-21-16(12-23-18)14-7-3-2-4-8-14/h2-9,11-12H,10H2,1H3,(H,19,21). The molecule has 0 aliphatic heterocycles. The SMILES string of the molecule is Cc1cccc2nc(CNc3nc(-c4ccccc4)cs3)cn12. The van der Waals surface area contributed by atoms with Crippen LogP contribution in [0.4, 0.5) is 5.13 Å². The summed E-state index contributed by atoms with van der Waals surface area (Å²) in [5.74, 6) is 0. The van der Waals surface area contributed by atoms with Crippen molar-refractivity contribution in [1.82, 2.24) is 14.4 Å². The molecule has 23 heavy (non-hydrogen) atoms. The summed E-state index contributed by atoms with van der Waals surface area (Å²) in [6.45, 7) is 2.75. The number of thiazole rings is 1. The second kappa shape index (κ2) is 5.85. The number of imidazole rings is 1. The van der Waals surface area contributed by atoms with Gasteiger partial charge in [0.25, 0.3) is 0 Å². The number of hydrogen-bond acceptors (Lipinski definition) is 4. The van der Waals surface area contributed by atoms with Gasteiger partial charge in [0.1, 0.15) is 5.65 Å². The van der Waals surface area contributed by atoms with Crippen molar-refractivity contribution in [3.05, 3.63) is 71.5 Å². The highest BCUT2D eigenvalue weighted by Crippen LogP contribution is 2.24. The van der Waals surface area contributed by atoms with E-state index in [1.807, 2.05) is 30.3 Å². The van der Waals surface area contributed by atoms with E-state index in [-0.39, 0.29) is 0 Å². The highest BCUT2D eigenvalue weighted by molar-refractivity contribution is 7.14. The Labute approximate surface area is 138 Å². The second-order valence-corrected chi connectivity index (χ2v) is 6.24. The van der Waals surface area contributed by atoms with Crippen molar-refractivity contribution in [1.29, 1.82) is 0 Å². The van der Waals surface area contributed by atoms with E-state index in [9.17, 15) is 0 Å². The predicted octanol–water partition coefficient (Wildman–Crippen LogP) is 4.38. The maximum atomic E-state index is 4.64. The van der Waals surface area contributed by atoms with Crippen molar-refractivity contribution >= 4 is 22.1 Å². The lowest BCUT2D eigenvalue weighted by Gasteiger charge is -1.99. The van der Waals surface area contributed by atoms with Crippen LogP contribution in [-0.4, -0.2) is 14.4 Å². The first kappa shape index (κ1) is 14.0. The summed E-state index contributed by atoms with van der Waals surface area (Å²) in [7, 11) is 0. The van der Waals surface area contributed by atoms with Gasteiger partial charge < -0.3 is 9.72 Å². The third-order valence-corrected chi connectivity index (χ3v) is 4.54. The lowest BCUT2D eigenvalue weighted by molar-refractivity contribution is 1.06. The lowest BCUT2D eigenvalue weighted by Crippen LogP contribution is -1.99. The molecule has 114 valence electrons. The van der Waals surface area contributed by atoms with Crippen LogP contribution in [0.15, 0.2) is 60.1 Å². The van der Waals surface area contributed by atoms with Crippen molar-refractivity contribution in [2.24, 2.45) is 0 Å². The van der Waals surface area contributed by atoms with Gasteiger partial charge in [-0.1, -0.05) is 36.4 Å². The minimum atomic E-state index is 0.670. The molecule has 0 amide bonds. The van der Waals surface area contributed by atoms with Gasteiger partial charge in [-0.05, 0) is 19.1 Å². The Balaban J connectivity index is 1.50. The number of hydrogen-bond donors (Lipinski definition) is 1. The van der Waals surface area contributed by atoms with Crippen molar-refractivity contribution < 1.29 is 0 Å². The summed E-state index contributed by atoms with van der Waals surface area (Å²) in [5, 5.41) is 6.35. The van der Waals surface area contributed by atoms with E-state index in [0.29, 0.717) is 6.54 Å². The molecular weight excluding hydrogens is 304 g/mol. The molecule has 5 heteroatoms. The number of benzene rings is 1. The molecule has 4 rings (SSSR count). The summed E-state index contributed by atoms with van der Waals surface area (Å²) in [5.41, 5.74) is 5.31. The smallest absolute Gasteiger partial charge is 0.183 e. The molecule has 0 radical (unpaired) electrons. The molecule has 0 bridgehead atoms. The second-order valence-electron chi connectivity index (χ2n) is 5.39. The van der Waals surface area contributed by atoms with Crippen LogP contribution in [0.2, 0.25) is 0 Å². The molecule has 1 aromatic carbocycles. The highest BCUT2D eigenvalue weighted by Gasteiger charge is 2.06. The Kier molecular flexibility index (Phi) is 3.55. The number of pyridine rings is 1. The highest BCUT2D eigenvalue weighted by atomic mass is 32.1. The molecule has 0 saturated carbocycles. The fraction of sp³-hybridized carbons (Fsp3) is 0.111. The number of anilines is 1. The number of nitrogens with one attached hydrogen (secondary N) is 1. The van der Waals surface area contributed by atoms with Crippen LogP contribution in [0, 0.1) is 6.92 Å². The molecule has 4 nitrogen and oxygen atoms in total. The Bertz CT molecular complexity index is 940. The van der Waals surface area contributed by atoms with Gasteiger partial charge in [-0.15, -0.1) is 11.3 Å². The van der Waals surface area contributed by atoms with Crippen LogP contribution in [0.5, 0.6) is 0 Å². The fourth-order valence-corrected chi connectivity index (χ4v) is 3.27. The number of rotatable bonds is 4. The molecular formula is C18H16N4S. The van der Waals surface area contributed by atoms with E-state index in [2.05, 4.69) is 56.4 Å². The molecule has 0 unspecified atom stereocenters. The maximum absolute atomic E-state index is 4.64. The van der Waals surface area contributed by atoms with Gasteiger partial charge >= 0.3 is 0 Å². The average Bonchev–Trinajstić information content (AvgIpc) is 3.21. The van der Waals surface area contributed by atoms with E-state index in [4.69, 9.17) is 0 Å². The average molecular weight is 320 g/mol. The number of aryl methyl sites for hydroxylation is 1. The molecule has 3 heterocycles. The molecule has 3 aromatic heterocycles. The fourth-order valence-electron chi connectivity index (χ4n) is 2.55. The van der Waals surface area contributed by atoms with Crippen LogP contribution in [0.25, 0.3) is 16.9 Å².